The molecular weight excluding hydrogens is 737 g/mol. The van der Waals surface area contributed by atoms with Gasteiger partial charge in [-0.25, -0.2) is 4.79 Å². The van der Waals surface area contributed by atoms with Gasteiger partial charge in [0, 0.05) is 42.8 Å². The Labute approximate surface area is 324 Å². The molecule has 1 saturated heterocycles. The number of anilines is 1. The topological polar surface area (TPSA) is 149 Å². The lowest BCUT2D eigenvalue weighted by Crippen LogP contribution is -2.57. The van der Waals surface area contributed by atoms with Crippen molar-refractivity contribution in [3.8, 4) is 0 Å². The van der Waals surface area contributed by atoms with Gasteiger partial charge in [-0.1, -0.05) is 80.9 Å². The third kappa shape index (κ3) is 13.9. The van der Waals surface area contributed by atoms with E-state index in [2.05, 4.69) is 26.6 Å². The summed E-state index contributed by atoms with van der Waals surface area (Å²) in [5, 5.41) is 14.2. The molecular formula is C40H48ClF3N6O5. The van der Waals surface area contributed by atoms with Crippen molar-refractivity contribution in [2.75, 3.05) is 25.0 Å². The van der Waals surface area contributed by atoms with E-state index >= 15 is 0 Å². The lowest BCUT2D eigenvalue weighted by molar-refractivity contribution is -0.137. The number of amides is 6. The van der Waals surface area contributed by atoms with Crippen molar-refractivity contribution in [2.45, 2.75) is 77.7 Å². The molecule has 1 aliphatic heterocycles. The number of benzene rings is 3. The summed E-state index contributed by atoms with van der Waals surface area (Å²) < 4.78 is 38.8. The van der Waals surface area contributed by atoms with Crippen LogP contribution in [0.25, 0.3) is 0 Å². The monoisotopic (exact) mass is 784 g/mol. The first-order chi connectivity index (χ1) is 26.0. The van der Waals surface area contributed by atoms with Gasteiger partial charge >= 0.3 is 12.2 Å². The van der Waals surface area contributed by atoms with Crippen LogP contribution >= 0.6 is 11.6 Å². The fourth-order valence-corrected chi connectivity index (χ4v) is 6.05. The summed E-state index contributed by atoms with van der Waals surface area (Å²) in [5.41, 5.74) is 0.775. The van der Waals surface area contributed by atoms with E-state index in [0.29, 0.717) is 23.6 Å². The van der Waals surface area contributed by atoms with Crippen LogP contribution in [0.1, 0.15) is 63.1 Å². The minimum atomic E-state index is -4.50. The molecule has 1 aliphatic rings. The van der Waals surface area contributed by atoms with Gasteiger partial charge in [0.05, 0.1) is 12.0 Å². The Balaban J connectivity index is 1.42. The molecule has 4 rings (SSSR count). The Morgan fingerprint density at radius 1 is 0.800 bits per heavy atom. The predicted octanol–water partition coefficient (Wildman–Crippen LogP) is 6.07. The first kappa shape index (κ1) is 42.6. The largest absolute Gasteiger partial charge is 0.416 e. The molecule has 3 aromatic carbocycles. The second-order valence-electron chi connectivity index (χ2n) is 14.8. The summed E-state index contributed by atoms with van der Waals surface area (Å²) in [4.78, 5) is 68.4. The van der Waals surface area contributed by atoms with Crippen LogP contribution in [-0.4, -0.2) is 66.3 Å². The number of aryl methyl sites for hydroxylation is 1. The normalized spacial score (nSPS) is 14.6. The minimum Gasteiger partial charge on any atom is -0.355 e. The van der Waals surface area contributed by atoms with Crippen LogP contribution in [0.2, 0.25) is 5.02 Å². The van der Waals surface area contributed by atoms with Gasteiger partial charge in [-0.15, -0.1) is 0 Å². The number of piperidine rings is 1. The van der Waals surface area contributed by atoms with Gasteiger partial charge in [0.1, 0.15) is 12.1 Å². The smallest absolute Gasteiger partial charge is 0.355 e. The molecule has 6 amide bonds. The predicted molar refractivity (Wildman–Crippen MR) is 204 cm³/mol. The van der Waals surface area contributed by atoms with E-state index in [1.54, 1.807) is 24.3 Å². The zero-order valence-electron chi connectivity index (χ0n) is 31.1. The Kier molecular flexibility index (Phi) is 15.1. The van der Waals surface area contributed by atoms with Crippen molar-refractivity contribution in [3.05, 3.63) is 101 Å². The van der Waals surface area contributed by atoms with Crippen molar-refractivity contribution < 1.29 is 37.1 Å². The van der Waals surface area contributed by atoms with Gasteiger partial charge in [0.15, 0.2) is 0 Å². The van der Waals surface area contributed by atoms with Crippen LogP contribution in [0.4, 0.5) is 23.7 Å². The number of hydrogen-bond donors (Lipinski definition) is 5. The molecule has 0 unspecified atom stereocenters. The maximum Gasteiger partial charge on any atom is 0.416 e. The lowest BCUT2D eigenvalue weighted by Gasteiger charge is -2.32. The summed E-state index contributed by atoms with van der Waals surface area (Å²) in [5.74, 6) is -2.57. The minimum absolute atomic E-state index is 0.115. The molecule has 296 valence electrons. The molecule has 1 heterocycles. The lowest BCUT2D eigenvalue weighted by atomic mass is 9.96. The molecule has 55 heavy (non-hydrogen) atoms. The Bertz CT molecular complexity index is 1780. The number of carbonyl (C=O) groups is 5. The molecule has 0 saturated carbocycles. The highest BCUT2D eigenvalue weighted by atomic mass is 35.5. The number of halogens is 4. The fraction of sp³-hybridized carbons (Fsp3) is 0.425. The molecule has 0 aromatic heterocycles. The highest BCUT2D eigenvalue weighted by Crippen LogP contribution is 2.30. The van der Waals surface area contributed by atoms with Crippen LogP contribution in [0.5, 0.6) is 0 Å². The molecule has 2 atom stereocenters. The SMILES string of the molecule is CC(C)(C)CNC(=O)C[C@H](NC(=O)N1CCC(C(=O)Nc2ccc(C(F)(F)F)cc2)CC1)C(=O)N[C@@H](CCc1ccccc1)C(=O)NCc1ccccc1Cl. The standard InChI is InChI=1S/C40H48ClF3N6O5/c1-39(2,3)25-46-34(51)23-33(49-38(55)50-21-19-27(20-22-50)35(52)47-30-16-14-29(15-17-30)40(42,43)44)37(54)48-32(18-13-26-9-5-4-6-10-26)36(53)45-24-28-11-7-8-12-31(28)41/h4-12,14-17,27,32-33H,13,18-25H2,1-3H3,(H,45,53)(H,46,51)(H,47,52)(H,48,54)(H,49,55)/t32-,33-/m0/s1. The number of likely N-dealkylation sites (tertiary alicyclic amines) is 1. The highest BCUT2D eigenvalue weighted by Gasteiger charge is 2.33. The molecule has 11 nitrogen and oxygen atoms in total. The van der Waals surface area contributed by atoms with Crippen molar-refractivity contribution in [3.63, 3.8) is 0 Å². The van der Waals surface area contributed by atoms with E-state index in [4.69, 9.17) is 11.6 Å². The molecule has 15 heteroatoms. The summed E-state index contributed by atoms with van der Waals surface area (Å²) in [6.07, 6.45) is -3.70. The number of hydrogen-bond acceptors (Lipinski definition) is 5. The molecule has 0 bridgehead atoms. The van der Waals surface area contributed by atoms with Crippen molar-refractivity contribution in [1.29, 1.82) is 0 Å². The van der Waals surface area contributed by atoms with Gasteiger partial charge in [0.2, 0.25) is 23.6 Å². The van der Waals surface area contributed by atoms with E-state index in [0.717, 1.165) is 17.7 Å². The van der Waals surface area contributed by atoms with E-state index < -0.39 is 59.9 Å². The summed E-state index contributed by atoms with van der Waals surface area (Å²) >= 11 is 6.29. The van der Waals surface area contributed by atoms with Crippen LogP contribution in [0.15, 0.2) is 78.9 Å². The molecule has 0 spiro atoms. The van der Waals surface area contributed by atoms with Gasteiger partial charge in [-0.05, 0) is 72.6 Å². The van der Waals surface area contributed by atoms with E-state index in [9.17, 15) is 37.1 Å². The molecule has 5 N–H and O–H groups in total. The van der Waals surface area contributed by atoms with E-state index in [-0.39, 0.29) is 55.9 Å². The summed E-state index contributed by atoms with van der Waals surface area (Å²) in [7, 11) is 0. The maximum atomic E-state index is 13.9. The van der Waals surface area contributed by atoms with E-state index in [1.165, 1.54) is 17.0 Å². The third-order valence-corrected chi connectivity index (χ3v) is 9.43. The fourth-order valence-electron chi connectivity index (χ4n) is 5.85. The van der Waals surface area contributed by atoms with Gasteiger partial charge in [-0.2, -0.15) is 13.2 Å². The van der Waals surface area contributed by atoms with Gasteiger partial charge in [-0.3, -0.25) is 19.2 Å². The number of alkyl halides is 3. The highest BCUT2D eigenvalue weighted by molar-refractivity contribution is 6.31. The zero-order chi connectivity index (χ0) is 40.2. The van der Waals surface area contributed by atoms with Crippen molar-refractivity contribution in [2.24, 2.45) is 11.3 Å². The molecule has 1 fully saturated rings. The maximum absolute atomic E-state index is 13.9. The first-order valence-electron chi connectivity index (χ1n) is 18.1. The number of nitrogens with one attached hydrogen (secondary N) is 5. The molecule has 0 radical (unpaired) electrons. The van der Waals surface area contributed by atoms with Gasteiger partial charge < -0.3 is 31.5 Å². The summed E-state index contributed by atoms with van der Waals surface area (Å²) in [6.45, 7) is 6.53. The Morgan fingerprint density at radius 2 is 1.44 bits per heavy atom. The average molecular weight is 785 g/mol. The van der Waals surface area contributed by atoms with Gasteiger partial charge in [0.25, 0.3) is 0 Å². The second-order valence-corrected chi connectivity index (χ2v) is 15.2. The number of rotatable bonds is 14. The molecule has 3 aromatic rings. The van der Waals surface area contributed by atoms with E-state index in [1.807, 2.05) is 51.1 Å². The first-order valence-corrected chi connectivity index (χ1v) is 18.5. The average Bonchev–Trinajstić information content (AvgIpc) is 3.14. The quantitative estimate of drug-likeness (QED) is 0.135. The summed E-state index contributed by atoms with van der Waals surface area (Å²) in [6, 6.07) is 17.6. The zero-order valence-corrected chi connectivity index (χ0v) is 31.9. The number of carbonyl (C=O) groups excluding carboxylic acids is 5. The van der Waals surface area contributed by atoms with Crippen LogP contribution in [-0.2, 0) is 38.3 Å². The van der Waals surface area contributed by atoms with Crippen LogP contribution in [0.3, 0.4) is 0 Å². The van der Waals surface area contributed by atoms with Crippen LogP contribution < -0.4 is 26.6 Å². The molecule has 0 aliphatic carbocycles. The second kappa shape index (κ2) is 19.5. The van der Waals surface area contributed by atoms with Crippen molar-refractivity contribution in [1.82, 2.24) is 26.2 Å². The Morgan fingerprint density at radius 3 is 2.05 bits per heavy atom. The Hall–Kier alpha value is -5.11. The third-order valence-electron chi connectivity index (χ3n) is 9.06. The van der Waals surface area contributed by atoms with Crippen molar-refractivity contribution >= 4 is 46.9 Å². The number of urea groups is 1. The number of nitrogens with zero attached hydrogens (tertiary/aromatic N) is 1. The van der Waals surface area contributed by atoms with Crippen LogP contribution in [0, 0.1) is 11.3 Å².